The van der Waals surface area contributed by atoms with Crippen LogP contribution < -0.4 is 0 Å². The molecule has 5 nitrogen and oxygen atoms in total. The molecule has 2 bridgehead atoms. The van der Waals surface area contributed by atoms with Gasteiger partial charge in [-0.3, -0.25) is 4.79 Å². The molecular formula is C15H20N2O3. The van der Waals surface area contributed by atoms with Gasteiger partial charge < -0.3 is 9.26 Å². The van der Waals surface area contributed by atoms with Crippen molar-refractivity contribution in [2.24, 2.45) is 5.41 Å². The van der Waals surface area contributed by atoms with E-state index < -0.39 is 0 Å². The summed E-state index contributed by atoms with van der Waals surface area (Å²) in [5.74, 6) is 2.21. The maximum Gasteiger partial charge on any atom is 0.311 e. The second-order valence-electron chi connectivity index (χ2n) is 6.78. The van der Waals surface area contributed by atoms with E-state index in [2.05, 4.69) is 10.1 Å². The third-order valence-corrected chi connectivity index (χ3v) is 5.70. The van der Waals surface area contributed by atoms with Crippen molar-refractivity contribution in [1.82, 2.24) is 10.1 Å². The first-order valence-electron chi connectivity index (χ1n) is 7.60. The fourth-order valence-electron chi connectivity index (χ4n) is 3.99. The van der Waals surface area contributed by atoms with Crippen LogP contribution in [0.2, 0.25) is 0 Å². The van der Waals surface area contributed by atoms with Gasteiger partial charge in [-0.25, -0.2) is 0 Å². The fraction of sp³-hybridized carbons (Fsp3) is 0.800. The zero-order valence-electron chi connectivity index (χ0n) is 11.9. The molecule has 0 aromatic carbocycles. The summed E-state index contributed by atoms with van der Waals surface area (Å²) in [6.45, 7) is 0. The third kappa shape index (κ3) is 1.64. The van der Waals surface area contributed by atoms with E-state index in [1.54, 1.807) is 0 Å². The van der Waals surface area contributed by atoms with Crippen LogP contribution in [-0.2, 0) is 14.9 Å². The Labute approximate surface area is 118 Å². The Bertz CT molecular complexity index is 523. The zero-order chi connectivity index (χ0) is 13.8. The number of fused-ring (bicyclic) bond motifs is 3. The Hall–Kier alpha value is -1.39. The third-order valence-electron chi connectivity index (χ3n) is 5.70. The van der Waals surface area contributed by atoms with Crippen LogP contribution in [0, 0.1) is 5.41 Å². The fourth-order valence-corrected chi connectivity index (χ4v) is 3.99. The van der Waals surface area contributed by atoms with E-state index in [4.69, 9.17) is 9.26 Å². The molecule has 0 amide bonds. The molecule has 1 aromatic heterocycles. The van der Waals surface area contributed by atoms with E-state index in [1.165, 1.54) is 20.0 Å². The van der Waals surface area contributed by atoms with Crippen molar-refractivity contribution >= 4 is 5.97 Å². The number of esters is 1. The first kappa shape index (κ1) is 12.4. The summed E-state index contributed by atoms with van der Waals surface area (Å²) in [6.07, 6.45) is 7.95. The highest BCUT2D eigenvalue weighted by atomic mass is 16.5. The van der Waals surface area contributed by atoms with Crippen molar-refractivity contribution in [3.8, 4) is 0 Å². The molecule has 5 heteroatoms. The van der Waals surface area contributed by atoms with Crippen molar-refractivity contribution in [1.29, 1.82) is 0 Å². The Kier molecular flexibility index (Phi) is 2.51. The van der Waals surface area contributed by atoms with E-state index in [0.29, 0.717) is 5.92 Å². The van der Waals surface area contributed by atoms with Gasteiger partial charge in [-0.05, 0) is 51.4 Å². The van der Waals surface area contributed by atoms with Gasteiger partial charge in [-0.2, -0.15) is 4.98 Å². The van der Waals surface area contributed by atoms with Gasteiger partial charge in [0.25, 0.3) is 0 Å². The Morgan fingerprint density at radius 2 is 1.85 bits per heavy atom. The molecule has 0 atom stereocenters. The van der Waals surface area contributed by atoms with E-state index in [9.17, 15) is 4.79 Å². The number of ether oxygens (including phenoxy) is 1. The van der Waals surface area contributed by atoms with Gasteiger partial charge in [0, 0.05) is 11.3 Å². The molecule has 20 heavy (non-hydrogen) atoms. The first-order chi connectivity index (χ1) is 9.67. The lowest BCUT2D eigenvalue weighted by Crippen LogP contribution is -2.48. The minimum atomic E-state index is -0.240. The van der Waals surface area contributed by atoms with Gasteiger partial charge in [-0.1, -0.05) is 5.16 Å². The predicted molar refractivity (Wildman–Crippen MR) is 70.1 cm³/mol. The summed E-state index contributed by atoms with van der Waals surface area (Å²) >= 11 is 0. The van der Waals surface area contributed by atoms with Crippen molar-refractivity contribution in [3.63, 3.8) is 0 Å². The minimum absolute atomic E-state index is 0.0237. The smallest absolute Gasteiger partial charge is 0.311 e. The van der Waals surface area contributed by atoms with Crippen LogP contribution in [0.3, 0.4) is 0 Å². The van der Waals surface area contributed by atoms with Gasteiger partial charge in [0.15, 0.2) is 5.82 Å². The van der Waals surface area contributed by atoms with E-state index >= 15 is 0 Å². The molecular weight excluding hydrogens is 256 g/mol. The maximum atomic E-state index is 12.0. The molecule has 0 radical (unpaired) electrons. The molecule has 0 N–H and O–H groups in total. The van der Waals surface area contributed by atoms with Crippen LogP contribution in [0.15, 0.2) is 4.52 Å². The highest BCUT2D eigenvalue weighted by Crippen LogP contribution is 2.58. The largest absolute Gasteiger partial charge is 0.469 e. The van der Waals surface area contributed by atoms with Crippen LogP contribution in [0.25, 0.3) is 0 Å². The molecule has 1 heterocycles. The lowest BCUT2D eigenvalue weighted by atomic mass is 9.53. The normalized spacial score (nSPS) is 36.0. The van der Waals surface area contributed by atoms with E-state index in [0.717, 1.165) is 50.2 Å². The van der Waals surface area contributed by atoms with Gasteiger partial charge in [0.1, 0.15) is 0 Å². The molecule has 0 spiro atoms. The average Bonchev–Trinajstić information content (AvgIpc) is 3.25. The Morgan fingerprint density at radius 3 is 2.40 bits per heavy atom. The highest BCUT2D eigenvalue weighted by molar-refractivity contribution is 5.77. The second kappa shape index (κ2) is 4.06. The quantitative estimate of drug-likeness (QED) is 0.794. The number of hydrogen-bond donors (Lipinski definition) is 0. The molecule has 5 rings (SSSR count). The Balaban J connectivity index is 1.57. The van der Waals surface area contributed by atoms with Gasteiger partial charge in [0.2, 0.25) is 5.89 Å². The van der Waals surface area contributed by atoms with Crippen molar-refractivity contribution in [2.45, 2.75) is 62.7 Å². The lowest BCUT2D eigenvalue weighted by Gasteiger charge is -2.49. The number of methoxy groups -OCH3 is 1. The number of nitrogens with zero attached hydrogens (tertiary/aromatic N) is 2. The van der Waals surface area contributed by atoms with Crippen molar-refractivity contribution < 1.29 is 14.1 Å². The van der Waals surface area contributed by atoms with Crippen LogP contribution in [0.1, 0.15) is 69.0 Å². The summed E-state index contributed by atoms with van der Waals surface area (Å²) in [5.41, 5.74) is -0.217. The number of carbonyl (C=O) groups is 1. The van der Waals surface area contributed by atoms with Gasteiger partial charge in [0.05, 0.1) is 12.5 Å². The number of hydrogen-bond acceptors (Lipinski definition) is 5. The van der Waals surface area contributed by atoms with Crippen LogP contribution >= 0.6 is 0 Å². The number of rotatable bonds is 3. The van der Waals surface area contributed by atoms with Crippen molar-refractivity contribution in [3.05, 3.63) is 11.7 Å². The van der Waals surface area contributed by atoms with Crippen LogP contribution in [0.4, 0.5) is 0 Å². The summed E-state index contributed by atoms with van der Waals surface area (Å²) in [5, 5.41) is 4.15. The summed E-state index contributed by atoms with van der Waals surface area (Å²) in [4.78, 5) is 16.7. The zero-order valence-corrected chi connectivity index (χ0v) is 11.9. The van der Waals surface area contributed by atoms with Crippen LogP contribution in [0.5, 0.6) is 0 Å². The SMILES string of the molecule is COC(=O)C12CCC(c3nc(C4CC4)no3)(CC1)CC2. The maximum absolute atomic E-state index is 12.0. The molecule has 0 unspecified atom stereocenters. The number of carbonyl (C=O) groups excluding carboxylic acids is 1. The average molecular weight is 276 g/mol. The summed E-state index contributed by atoms with van der Waals surface area (Å²) in [7, 11) is 1.49. The highest BCUT2D eigenvalue weighted by Gasteiger charge is 2.56. The molecule has 4 aliphatic carbocycles. The Morgan fingerprint density at radius 1 is 1.20 bits per heavy atom. The minimum Gasteiger partial charge on any atom is -0.469 e. The van der Waals surface area contributed by atoms with Crippen molar-refractivity contribution in [2.75, 3.05) is 7.11 Å². The molecule has 1 aromatic rings. The van der Waals surface area contributed by atoms with E-state index in [1.807, 2.05) is 0 Å². The lowest BCUT2D eigenvalue weighted by molar-refractivity contribution is -0.160. The second-order valence-corrected chi connectivity index (χ2v) is 6.78. The van der Waals surface area contributed by atoms with Gasteiger partial charge in [-0.15, -0.1) is 0 Å². The van der Waals surface area contributed by atoms with Gasteiger partial charge >= 0.3 is 5.97 Å². The molecule has 4 fully saturated rings. The predicted octanol–water partition coefficient (Wildman–Crippen LogP) is 2.71. The monoisotopic (exact) mass is 276 g/mol. The summed E-state index contributed by atoms with van der Waals surface area (Å²) < 4.78 is 10.6. The van der Waals surface area contributed by atoms with E-state index in [-0.39, 0.29) is 16.8 Å². The topological polar surface area (TPSA) is 65.2 Å². The molecule has 4 saturated carbocycles. The number of aromatic nitrogens is 2. The standard InChI is InChI=1S/C15H20N2O3/c1-19-13(18)15-7-4-14(5-8-15,6-9-15)12-16-11(17-20-12)10-2-3-10/h10H,2-9H2,1H3. The van der Waals surface area contributed by atoms with Crippen LogP contribution in [-0.4, -0.2) is 23.2 Å². The first-order valence-corrected chi connectivity index (χ1v) is 7.60. The molecule has 0 aliphatic heterocycles. The molecule has 4 aliphatic rings. The molecule has 108 valence electrons. The summed E-state index contributed by atoms with van der Waals surface area (Å²) in [6, 6.07) is 0. The molecule has 0 saturated heterocycles.